The Morgan fingerprint density at radius 1 is 1.00 bits per heavy atom. The molecule has 130 valence electrons. The van der Waals surface area contributed by atoms with Gasteiger partial charge < -0.3 is 14.8 Å². The number of benzene rings is 2. The number of nitrogens with one attached hydrogen (secondary N) is 1. The van der Waals surface area contributed by atoms with Crippen molar-refractivity contribution in [1.82, 2.24) is 9.78 Å². The molecule has 0 amide bonds. The standard InChI is InChI=1S/C21H19N3O2/c1-13-8-7-11-17-19(13)26-21(22-17)12-14(2)25-20-18(21)15(3)23-24(20)16-9-5-4-6-10-16/h4-12,22H,1-3H3. The molecule has 1 spiro atoms. The lowest BCUT2D eigenvalue weighted by atomic mass is 10.0. The van der Waals surface area contributed by atoms with E-state index in [1.54, 1.807) is 0 Å². The van der Waals surface area contributed by atoms with Crippen LogP contribution in [0, 0.1) is 13.8 Å². The van der Waals surface area contributed by atoms with Crippen LogP contribution in [0.1, 0.15) is 23.7 Å². The number of hydrogen-bond acceptors (Lipinski definition) is 4. The molecule has 1 atom stereocenters. The minimum atomic E-state index is -0.802. The van der Waals surface area contributed by atoms with Crippen LogP contribution in [-0.4, -0.2) is 9.78 Å². The Hall–Kier alpha value is -3.21. The van der Waals surface area contributed by atoms with E-state index in [1.807, 2.05) is 67.1 Å². The first-order chi connectivity index (χ1) is 12.6. The van der Waals surface area contributed by atoms with E-state index >= 15 is 0 Å². The maximum atomic E-state index is 6.47. The second-order valence-corrected chi connectivity index (χ2v) is 6.78. The summed E-state index contributed by atoms with van der Waals surface area (Å²) >= 11 is 0. The predicted molar refractivity (Wildman–Crippen MR) is 99.8 cm³/mol. The molecule has 0 saturated heterocycles. The quantitative estimate of drug-likeness (QED) is 0.708. The third-order valence-electron chi connectivity index (χ3n) is 4.85. The van der Waals surface area contributed by atoms with Crippen molar-refractivity contribution in [3.05, 3.63) is 77.2 Å². The fourth-order valence-electron chi connectivity index (χ4n) is 3.76. The number of fused-ring (bicyclic) bond motifs is 3. The van der Waals surface area contributed by atoms with Gasteiger partial charge in [0.2, 0.25) is 11.6 Å². The molecule has 0 aliphatic carbocycles. The maximum absolute atomic E-state index is 6.47. The Kier molecular flexibility index (Phi) is 2.98. The Bertz CT molecular complexity index is 1050. The van der Waals surface area contributed by atoms with Gasteiger partial charge in [-0.25, -0.2) is 4.68 Å². The smallest absolute Gasteiger partial charge is 0.237 e. The number of aromatic nitrogens is 2. The number of hydrogen-bond donors (Lipinski definition) is 1. The fourth-order valence-corrected chi connectivity index (χ4v) is 3.76. The molecule has 2 aromatic carbocycles. The number of allylic oxidation sites excluding steroid dienone is 1. The number of nitrogens with zero attached hydrogens (tertiary/aromatic N) is 2. The average molecular weight is 345 g/mol. The number of anilines is 1. The Balaban J connectivity index is 1.71. The van der Waals surface area contributed by atoms with Crippen molar-refractivity contribution in [1.29, 1.82) is 0 Å². The topological polar surface area (TPSA) is 48.3 Å². The zero-order chi connectivity index (χ0) is 17.9. The molecule has 5 rings (SSSR count). The van der Waals surface area contributed by atoms with Gasteiger partial charge in [-0.2, -0.15) is 5.10 Å². The lowest BCUT2D eigenvalue weighted by molar-refractivity contribution is 0.152. The van der Waals surface area contributed by atoms with Crippen LogP contribution in [0.5, 0.6) is 11.6 Å². The summed E-state index contributed by atoms with van der Waals surface area (Å²) in [5.74, 6) is 2.33. The molecule has 5 nitrogen and oxygen atoms in total. The summed E-state index contributed by atoms with van der Waals surface area (Å²) in [5.41, 5.74) is 4.00. The van der Waals surface area contributed by atoms with Crippen LogP contribution in [0.25, 0.3) is 5.69 Å². The lowest BCUT2D eigenvalue weighted by Crippen LogP contribution is -2.38. The molecule has 3 heterocycles. The average Bonchev–Trinajstić information content (AvgIpc) is 3.15. The SMILES string of the molecule is CC1=CC2(Nc3cccc(C)c3O2)c2c(C)nn(-c3ccccc3)c2O1. The zero-order valence-electron chi connectivity index (χ0n) is 14.9. The summed E-state index contributed by atoms with van der Waals surface area (Å²) in [4.78, 5) is 0. The second kappa shape index (κ2) is 5.14. The molecule has 1 N–H and O–H groups in total. The predicted octanol–water partition coefficient (Wildman–Crippen LogP) is 4.44. The molecule has 26 heavy (non-hydrogen) atoms. The first-order valence-corrected chi connectivity index (χ1v) is 8.67. The summed E-state index contributed by atoms with van der Waals surface area (Å²) in [6.07, 6.45) is 1.98. The van der Waals surface area contributed by atoms with Gasteiger partial charge in [0, 0.05) is 6.08 Å². The summed E-state index contributed by atoms with van der Waals surface area (Å²) in [7, 11) is 0. The van der Waals surface area contributed by atoms with Crippen molar-refractivity contribution in [3.8, 4) is 17.3 Å². The van der Waals surface area contributed by atoms with Crippen molar-refractivity contribution < 1.29 is 9.47 Å². The number of para-hydroxylation sites is 2. The van der Waals surface area contributed by atoms with E-state index in [4.69, 9.17) is 14.6 Å². The second-order valence-electron chi connectivity index (χ2n) is 6.78. The van der Waals surface area contributed by atoms with Crippen LogP contribution in [0.4, 0.5) is 5.69 Å². The van der Waals surface area contributed by atoms with Crippen molar-refractivity contribution in [3.63, 3.8) is 0 Å². The molecule has 0 saturated carbocycles. The fraction of sp³-hybridized carbons (Fsp3) is 0.190. The Morgan fingerprint density at radius 2 is 1.81 bits per heavy atom. The Labute approximate surface area is 151 Å². The van der Waals surface area contributed by atoms with Crippen LogP contribution < -0.4 is 14.8 Å². The number of ether oxygens (including phenoxy) is 2. The summed E-state index contributed by atoms with van der Waals surface area (Å²) in [6, 6.07) is 16.1. The zero-order valence-corrected chi connectivity index (χ0v) is 14.9. The third kappa shape index (κ3) is 2.00. The molecule has 2 aliphatic rings. The van der Waals surface area contributed by atoms with Crippen molar-refractivity contribution in [2.75, 3.05) is 5.32 Å². The van der Waals surface area contributed by atoms with E-state index in [2.05, 4.69) is 18.3 Å². The highest BCUT2D eigenvalue weighted by Gasteiger charge is 2.48. The first-order valence-electron chi connectivity index (χ1n) is 8.67. The third-order valence-corrected chi connectivity index (χ3v) is 4.85. The van der Waals surface area contributed by atoms with Crippen LogP contribution >= 0.6 is 0 Å². The van der Waals surface area contributed by atoms with Crippen LogP contribution in [0.15, 0.2) is 60.4 Å². The molecular weight excluding hydrogens is 326 g/mol. The Morgan fingerprint density at radius 3 is 2.58 bits per heavy atom. The van der Waals surface area contributed by atoms with Gasteiger partial charge in [0.1, 0.15) is 17.1 Å². The lowest BCUT2D eigenvalue weighted by Gasteiger charge is -2.31. The minimum Gasteiger partial charge on any atom is -0.457 e. The summed E-state index contributed by atoms with van der Waals surface area (Å²) in [6.45, 7) is 5.97. The van der Waals surface area contributed by atoms with Gasteiger partial charge in [0.05, 0.1) is 17.1 Å². The normalized spacial score (nSPS) is 19.9. The van der Waals surface area contributed by atoms with Gasteiger partial charge in [-0.05, 0) is 44.5 Å². The summed E-state index contributed by atoms with van der Waals surface area (Å²) < 4.78 is 14.4. The molecule has 5 heteroatoms. The highest BCUT2D eigenvalue weighted by molar-refractivity contribution is 5.68. The van der Waals surface area contributed by atoms with Gasteiger partial charge in [-0.1, -0.05) is 30.3 Å². The highest BCUT2D eigenvalue weighted by Crippen LogP contribution is 2.50. The van der Waals surface area contributed by atoms with Crippen molar-refractivity contribution >= 4 is 5.69 Å². The molecule has 1 aromatic heterocycles. The summed E-state index contributed by atoms with van der Waals surface area (Å²) in [5, 5.41) is 8.29. The van der Waals surface area contributed by atoms with Crippen LogP contribution in [0.2, 0.25) is 0 Å². The van der Waals surface area contributed by atoms with E-state index in [0.29, 0.717) is 5.88 Å². The molecule has 0 fully saturated rings. The largest absolute Gasteiger partial charge is 0.457 e. The van der Waals surface area contributed by atoms with E-state index < -0.39 is 5.72 Å². The molecular formula is C21H19N3O2. The molecule has 3 aromatic rings. The van der Waals surface area contributed by atoms with Gasteiger partial charge >= 0.3 is 0 Å². The molecule has 1 unspecified atom stereocenters. The maximum Gasteiger partial charge on any atom is 0.237 e. The monoisotopic (exact) mass is 345 g/mol. The van der Waals surface area contributed by atoms with E-state index in [0.717, 1.165) is 39.7 Å². The van der Waals surface area contributed by atoms with Gasteiger partial charge in [0.15, 0.2) is 0 Å². The van der Waals surface area contributed by atoms with Gasteiger partial charge in [-0.3, -0.25) is 0 Å². The van der Waals surface area contributed by atoms with Crippen molar-refractivity contribution in [2.24, 2.45) is 0 Å². The van der Waals surface area contributed by atoms with E-state index in [9.17, 15) is 0 Å². The van der Waals surface area contributed by atoms with E-state index in [1.165, 1.54) is 0 Å². The number of aryl methyl sites for hydroxylation is 2. The van der Waals surface area contributed by atoms with Gasteiger partial charge in [0.25, 0.3) is 0 Å². The molecule has 0 bridgehead atoms. The molecule has 2 aliphatic heterocycles. The first kappa shape index (κ1) is 15.1. The molecule has 0 radical (unpaired) electrons. The van der Waals surface area contributed by atoms with Crippen LogP contribution in [-0.2, 0) is 5.72 Å². The van der Waals surface area contributed by atoms with Crippen LogP contribution in [0.3, 0.4) is 0 Å². The van der Waals surface area contributed by atoms with E-state index in [-0.39, 0.29) is 0 Å². The minimum absolute atomic E-state index is 0.687. The van der Waals surface area contributed by atoms with Crippen molar-refractivity contribution in [2.45, 2.75) is 26.5 Å². The number of rotatable bonds is 1. The van der Waals surface area contributed by atoms with Gasteiger partial charge in [-0.15, -0.1) is 0 Å². The highest BCUT2D eigenvalue weighted by atomic mass is 16.5.